The van der Waals surface area contributed by atoms with Crippen LogP contribution in [0.4, 0.5) is 5.69 Å². The van der Waals surface area contributed by atoms with Gasteiger partial charge in [0.1, 0.15) is 0 Å². The van der Waals surface area contributed by atoms with Gasteiger partial charge in [0, 0.05) is 28.3 Å². The number of halogens is 2. The van der Waals surface area contributed by atoms with E-state index in [-0.39, 0.29) is 5.56 Å². The van der Waals surface area contributed by atoms with Crippen molar-refractivity contribution in [3.63, 3.8) is 0 Å². The van der Waals surface area contributed by atoms with Crippen molar-refractivity contribution in [1.29, 1.82) is 0 Å². The van der Waals surface area contributed by atoms with E-state index >= 15 is 0 Å². The Balaban J connectivity index is 1.81. The average Bonchev–Trinajstić information content (AvgIpc) is 2.72. The van der Waals surface area contributed by atoms with E-state index in [1.807, 2.05) is 54.3 Å². The van der Waals surface area contributed by atoms with Crippen molar-refractivity contribution in [2.45, 2.75) is 20.0 Å². The smallest absolute Gasteiger partial charge is 0.174 e. The van der Waals surface area contributed by atoms with Gasteiger partial charge in [-0.1, -0.05) is 63.9 Å². The number of thiocarbonyl (C=S) groups is 1. The van der Waals surface area contributed by atoms with Crippen molar-refractivity contribution >= 4 is 56.5 Å². The van der Waals surface area contributed by atoms with E-state index in [1.165, 1.54) is 0 Å². The van der Waals surface area contributed by atoms with Crippen molar-refractivity contribution in [3.8, 4) is 0 Å². The summed E-state index contributed by atoms with van der Waals surface area (Å²) in [4.78, 5) is 13.0. The van der Waals surface area contributed by atoms with Gasteiger partial charge in [0.2, 0.25) is 0 Å². The van der Waals surface area contributed by atoms with Crippen LogP contribution < -0.4 is 10.4 Å². The lowest BCUT2D eigenvalue weighted by molar-refractivity contribution is -0.255. The minimum atomic E-state index is -1.19. The van der Waals surface area contributed by atoms with Gasteiger partial charge in [-0.05, 0) is 71.7 Å². The van der Waals surface area contributed by atoms with Crippen LogP contribution in [-0.4, -0.2) is 16.0 Å². The summed E-state index contributed by atoms with van der Waals surface area (Å²) in [5.74, 6) is -1.19. The molecular formula is C23H19BrClN2O2S-. The number of aryl methyl sites for hydroxylation is 1. The summed E-state index contributed by atoms with van der Waals surface area (Å²) in [5, 5.41) is 15.5. The molecule has 0 fully saturated rings. The fraction of sp³-hybridized carbons (Fsp3) is 0.130. The fourth-order valence-electron chi connectivity index (χ4n) is 2.90. The minimum Gasteiger partial charge on any atom is -0.545 e. The summed E-state index contributed by atoms with van der Waals surface area (Å²) in [6.07, 6.45) is 0. The van der Waals surface area contributed by atoms with Crippen molar-refractivity contribution in [2.24, 2.45) is 0 Å². The average molecular weight is 503 g/mol. The molecule has 0 unspecified atom stereocenters. The quantitative estimate of drug-likeness (QED) is 0.471. The molecule has 0 aromatic heterocycles. The molecule has 30 heavy (non-hydrogen) atoms. The largest absolute Gasteiger partial charge is 0.545 e. The van der Waals surface area contributed by atoms with E-state index in [4.69, 9.17) is 23.8 Å². The van der Waals surface area contributed by atoms with Gasteiger partial charge in [-0.25, -0.2) is 0 Å². The van der Waals surface area contributed by atoms with Gasteiger partial charge in [-0.2, -0.15) is 0 Å². The normalized spacial score (nSPS) is 10.5. The molecule has 0 spiro atoms. The van der Waals surface area contributed by atoms with Crippen LogP contribution in [0.5, 0.6) is 0 Å². The first-order valence-corrected chi connectivity index (χ1v) is 10.8. The van der Waals surface area contributed by atoms with Crippen LogP contribution in [0, 0.1) is 6.92 Å². The number of benzene rings is 3. The number of hydrogen-bond donors (Lipinski definition) is 1. The third-order valence-electron chi connectivity index (χ3n) is 4.55. The number of carboxylic acid groups (broad SMARTS) is 1. The van der Waals surface area contributed by atoms with Gasteiger partial charge >= 0.3 is 0 Å². The van der Waals surface area contributed by atoms with E-state index in [9.17, 15) is 9.90 Å². The molecular weight excluding hydrogens is 484 g/mol. The number of carbonyl (C=O) groups excluding carboxylic acids is 1. The number of aromatic carboxylic acids is 1. The van der Waals surface area contributed by atoms with Crippen LogP contribution in [0.15, 0.2) is 71.2 Å². The molecule has 4 nitrogen and oxygen atoms in total. The molecule has 3 rings (SSSR count). The lowest BCUT2D eigenvalue weighted by Crippen LogP contribution is -2.34. The number of nitrogens with one attached hydrogen (secondary N) is 1. The summed E-state index contributed by atoms with van der Waals surface area (Å²) < 4.78 is 1.01. The molecule has 0 aliphatic carbocycles. The molecule has 0 bridgehead atoms. The first kappa shape index (κ1) is 22.3. The van der Waals surface area contributed by atoms with Crippen LogP contribution >= 0.6 is 39.7 Å². The monoisotopic (exact) mass is 501 g/mol. The van der Waals surface area contributed by atoms with Crippen molar-refractivity contribution in [1.82, 2.24) is 4.90 Å². The number of anilines is 1. The SMILES string of the molecule is Cc1cc(NC(=S)N(Cc2ccc(Br)cc2)Cc2ccc(C(=O)[O-])cc2)ccc1Cl. The predicted octanol–water partition coefficient (Wildman–Crippen LogP) is 5.17. The zero-order chi connectivity index (χ0) is 21.7. The van der Waals surface area contributed by atoms with Crippen LogP contribution in [-0.2, 0) is 13.1 Å². The molecule has 0 amide bonds. The highest BCUT2D eigenvalue weighted by Crippen LogP contribution is 2.21. The van der Waals surface area contributed by atoms with Crippen LogP contribution in [0.1, 0.15) is 27.0 Å². The van der Waals surface area contributed by atoms with Crippen molar-refractivity contribution < 1.29 is 9.90 Å². The predicted molar refractivity (Wildman–Crippen MR) is 127 cm³/mol. The van der Waals surface area contributed by atoms with E-state index in [0.717, 1.165) is 26.9 Å². The Kier molecular flexibility index (Phi) is 7.48. The molecule has 0 aliphatic rings. The summed E-state index contributed by atoms with van der Waals surface area (Å²) in [6, 6.07) is 20.3. The molecule has 0 aliphatic heterocycles. The van der Waals surface area contributed by atoms with Gasteiger partial charge in [0.15, 0.2) is 5.11 Å². The second kappa shape index (κ2) is 10.1. The zero-order valence-electron chi connectivity index (χ0n) is 16.2. The lowest BCUT2D eigenvalue weighted by Gasteiger charge is -2.26. The molecule has 0 heterocycles. The first-order valence-electron chi connectivity index (χ1n) is 9.18. The third-order valence-corrected chi connectivity index (χ3v) is 5.86. The van der Waals surface area contributed by atoms with E-state index < -0.39 is 5.97 Å². The van der Waals surface area contributed by atoms with Gasteiger partial charge in [-0.15, -0.1) is 0 Å². The maximum atomic E-state index is 11.0. The molecule has 7 heteroatoms. The molecule has 0 saturated heterocycles. The topological polar surface area (TPSA) is 55.4 Å². The Morgan fingerprint density at radius 3 is 2.13 bits per heavy atom. The van der Waals surface area contributed by atoms with Crippen molar-refractivity contribution in [2.75, 3.05) is 5.32 Å². The Morgan fingerprint density at radius 1 is 1.03 bits per heavy atom. The fourth-order valence-corrected chi connectivity index (χ4v) is 3.53. The maximum absolute atomic E-state index is 11.0. The Bertz CT molecular complexity index is 1060. The summed E-state index contributed by atoms with van der Waals surface area (Å²) in [6.45, 7) is 3.05. The summed E-state index contributed by atoms with van der Waals surface area (Å²) >= 11 is 15.3. The van der Waals surface area contributed by atoms with Gasteiger partial charge in [0.05, 0.1) is 5.97 Å². The Labute approximate surface area is 194 Å². The van der Waals surface area contributed by atoms with E-state index in [0.29, 0.717) is 23.2 Å². The summed E-state index contributed by atoms with van der Waals surface area (Å²) in [5.41, 5.74) is 4.00. The highest BCUT2D eigenvalue weighted by atomic mass is 79.9. The number of carboxylic acids is 1. The molecule has 154 valence electrons. The zero-order valence-corrected chi connectivity index (χ0v) is 19.4. The molecule has 0 radical (unpaired) electrons. The first-order chi connectivity index (χ1) is 14.3. The highest BCUT2D eigenvalue weighted by molar-refractivity contribution is 9.10. The minimum absolute atomic E-state index is 0.149. The summed E-state index contributed by atoms with van der Waals surface area (Å²) in [7, 11) is 0. The second-order valence-corrected chi connectivity index (χ2v) is 8.57. The van der Waals surface area contributed by atoms with Gasteiger partial charge < -0.3 is 20.1 Å². The molecule has 0 atom stereocenters. The molecule has 0 saturated carbocycles. The standard InChI is InChI=1S/C23H20BrClN2O2S/c1-15-12-20(10-11-21(15)25)26-23(30)27(14-17-4-8-19(24)9-5-17)13-16-2-6-18(7-3-16)22(28)29/h2-12H,13-14H2,1H3,(H,26,30)(H,28,29)/p-1. The molecule has 1 N–H and O–H groups in total. The Morgan fingerprint density at radius 2 is 1.60 bits per heavy atom. The van der Waals surface area contributed by atoms with Crippen molar-refractivity contribution in [3.05, 3.63) is 98.5 Å². The van der Waals surface area contributed by atoms with Crippen LogP contribution in [0.2, 0.25) is 5.02 Å². The number of carbonyl (C=O) groups is 1. The van der Waals surface area contributed by atoms with E-state index in [1.54, 1.807) is 24.3 Å². The van der Waals surface area contributed by atoms with Crippen LogP contribution in [0.3, 0.4) is 0 Å². The van der Waals surface area contributed by atoms with E-state index in [2.05, 4.69) is 21.2 Å². The molecule has 3 aromatic rings. The van der Waals surface area contributed by atoms with Gasteiger partial charge in [-0.3, -0.25) is 0 Å². The third kappa shape index (κ3) is 6.05. The van der Waals surface area contributed by atoms with Gasteiger partial charge in [0.25, 0.3) is 0 Å². The number of rotatable bonds is 6. The number of nitrogens with zero attached hydrogens (tertiary/aromatic N) is 1. The highest BCUT2D eigenvalue weighted by Gasteiger charge is 2.13. The lowest BCUT2D eigenvalue weighted by atomic mass is 10.1. The molecule has 3 aromatic carbocycles. The second-order valence-electron chi connectivity index (χ2n) is 6.86. The Hall–Kier alpha value is -2.41. The van der Waals surface area contributed by atoms with Crippen LogP contribution in [0.25, 0.3) is 0 Å². The number of hydrogen-bond acceptors (Lipinski definition) is 3. The maximum Gasteiger partial charge on any atom is 0.174 e.